The predicted octanol–water partition coefficient (Wildman–Crippen LogP) is 10.5. The van der Waals surface area contributed by atoms with Crippen LogP contribution in [0.4, 0.5) is 0 Å². The zero-order valence-corrected chi connectivity index (χ0v) is 21.7. The van der Waals surface area contributed by atoms with Gasteiger partial charge in [-0.1, -0.05) is 127 Å². The summed E-state index contributed by atoms with van der Waals surface area (Å²) < 4.78 is 0. The van der Waals surface area contributed by atoms with E-state index >= 15 is 0 Å². The summed E-state index contributed by atoms with van der Waals surface area (Å²) in [5.74, 6) is 0. The van der Waals surface area contributed by atoms with Crippen molar-refractivity contribution in [2.45, 2.75) is 0 Å². The Bertz CT molecular complexity index is 2130. The van der Waals surface area contributed by atoms with E-state index in [1.54, 1.807) is 0 Å². The summed E-state index contributed by atoms with van der Waals surface area (Å²) in [6, 6.07) is 52.0. The van der Waals surface area contributed by atoms with Crippen LogP contribution in [0.2, 0.25) is 0 Å². The molecule has 0 amide bonds. The van der Waals surface area contributed by atoms with Crippen molar-refractivity contribution in [2.75, 3.05) is 0 Å². The van der Waals surface area contributed by atoms with Gasteiger partial charge in [-0.2, -0.15) is 5.26 Å². The Morgan fingerprint density at radius 2 is 0.950 bits per heavy atom. The molecule has 0 aromatic heterocycles. The molecule has 1 nitrogen and oxygen atoms in total. The lowest BCUT2D eigenvalue weighted by atomic mass is 9.82. The maximum Gasteiger partial charge on any atom is 0.0998 e. The van der Waals surface area contributed by atoms with Crippen LogP contribution < -0.4 is 0 Å². The maximum atomic E-state index is 9.96. The van der Waals surface area contributed by atoms with Gasteiger partial charge in [0.1, 0.15) is 0 Å². The lowest BCUT2D eigenvalue weighted by Crippen LogP contribution is -1.94. The van der Waals surface area contributed by atoms with Gasteiger partial charge in [0.25, 0.3) is 0 Å². The number of rotatable bonds is 3. The van der Waals surface area contributed by atoms with E-state index in [-0.39, 0.29) is 0 Å². The Morgan fingerprint density at radius 3 is 1.57 bits per heavy atom. The van der Waals surface area contributed by atoms with Crippen LogP contribution in [0.1, 0.15) is 5.56 Å². The number of hydrogen-bond donors (Lipinski definition) is 0. The van der Waals surface area contributed by atoms with E-state index in [1.165, 1.54) is 71.8 Å². The molecule has 0 fully saturated rings. The van der Waals surface area contributed by atoms with Crippen molar-refractivity contribution in [3.63, 3.8) is 0 Å². The number of nitriles is 1. The van der Waals surface area contributed by atoms with Crippen LogP contribution in [0.15, 0.2) is 140 Å². The van der Waals surface area contributed by atoms with Gasteiger partial charge in [0.15, 0.2) is 0 Å². The number of benzene rings is 7. The van der Waals surface area contributed by atoms with Crippen LogP contribution in [0.3, 0.4) is 0 Å². The average molecular weight is 506 g/mol. The van der Waals surface area contributed by atoms with Crippen LogP contribution >= 0.6 is 0 Å². The SMILES string of the molecule is N#Cc1ccc2c3c(cccc13)-c1c-2c(-c2ccccc2)c2cc(-c3ccccc3)ccc2c1-c1ccccc1. The van der Waals surface area contributed by atoms with Crippen molar-refractivity contribution in [2.24, 2.45) is 0 Å². The molecular weight excluding hydrogens is 482 g/mol. The molecule has 0 radical (unpaired) electrons. The summed E-state index contributed by atoms with van der Waals surface area (Å²) in [5, 5.41) is 14.6. The number of fused-ring (bicyclic) bond motifs is 4. The molecule has 1 aliphatic rings. The number of nitrogens with zero attached hydrogens (tertiary/aromatic N) is 1. The van der Waals surface area contributed by atoms with Crippen molar-refractivity contribution in [3.8, 4) is 61.7 Å². The van der Waals surface area contributed by atoms with E-state index in [0.29, 0.717) is 5.56 Å². The molecule has 0 aliphatic heterocycles. The fourth-order valence-electron chi connectivity index (χ4n) is 6.57. The van der Waals surface area contributed by atoms with E-state index in [4.69, 9.17) is 0 Å². The van der Waals surface area contributed by atoms with Crippen molar-refractivity contribution in [1.82, 2.24) is 0 Å². The first-order valence-corrected chi connectivity index (χ1v) is 13.6. The second-order valence-corrected chi connectivity index (χ2v) is 10.4. The Labute approximate surface area is 233 Å². The molecular formula is C39H23N. The summed E-state index contributed by atoms with van der Waals surface area (Å²) >= 11 is 0. The van der Waals surface area contributed by atoms with Crippen LogP contribution in [-0.4, -0.2) is 0 Å². The molecule has 0 unspecified atom stereocenters. The second kappa shape index (κ2) is 8.80. The van der Waals surface area contributed by atoms with Gasteiger partial charge in [0.2, 0.25) is 0 Å². The van der Waals surface area contributed by atoms with Gasteiger partial charge in [-0.15, -0.1) is 0 Å². The molecule has 0 spiro atoms. The lowest BCUT2D eigenvalue weighted by Gasteiger charge is -2.21. The summed E-state index contributed by atoms with van der Waals surface area (Å²) in [6.45, 7) is 0. The summed E-state index contributed by atoms with van der Waals surface area (Å²) in [7, 11) is 0. The van der Waals surface area contributed by atoms with Crippen LogP contribution in [0.5, 0.6) is 0 Å². The van der Waals surface area contributed by atoms with Gasteiger partial charge in [0.05, 0.1) is 11.6 Å². The van der Waals surface area contributed by atoms with Gasteiger partial charge in [-0.3, -0.25) is 0 Å². The lowest BCUT2D eigenvalue weighted by molar-refractivity contribution is 1.50. The highest BCUT2D eigenvalue weighted by Gasteiger charge is 2.31. The third-order valence-corrected chi connectivity index (χ3v) is 8.24. The number of hydrogen-bond acceptors (Lipinski definition) is 1. The molecule has 7 aromatic rings. The standard InChI is InChI=1S/C39H23N/c40-24-29-20-22-33-37-30(29)17-10-18-32(37)38-35(26-13-6-2-7-14-26)31-21-19-28(25-11-4-1-5-12-25)23-34(31)36(39(33)38)27-15-8-3-9-16-27/h1-23H. The van der Waals surface area contributed by atoms with Gasteiger partial charge in [-0.25, -0.2) is 0 Å². The molecule has 40 heavy (non-hydrogen) atoms. The highest BCUT2D eigenvalue weighted by atomic mass is 14.3. The fourth-order valence-corrected chi connectivity index (χ4v) is 6.57. The molecule has 0 atom stereocenters. The highest BCUT2D eigenvalue weighted by molar-refractivity contribution is 6.28. The third-order valence-electron chi connectivity index (χ3n) is 8.24. The van der Waals surface area contributed by atoms with Crippen LogP contribution in [0, 0.1) is 11.3 Å². The zero-order chi connectivity index (χ0) is 26.6. The predicted molar refractivity (Wildman–Crippen MR) is 167 cm³/mol. The van der Waals surface area contributed by atoms with Gasteiger partial charge in [0, 0.05) is 5.39 Å². The highest BCUT2D eigenvalue weighted by Crippen LogP contribution is 2.58. The Balaban J connectivity index is 1.62. The largest absolute Gasteiger partial charge is 0.192 e. The smallest absolute Gasteiger partial charge is 0.0998 e. The first kappa shape index (κ1) is 22.5. The molecule has 7 aromatic carbocycles. The van der Waals surface area contributed by atoms with Gasteiger partial charge < -0.3 is 0 Å². The summed E-state index contributed by atoms with van der Waals surface area (Å²) in [6.07, 6.45) is 0. The van der Waals surface area contributed by atoms with E-state index < -0.39 is 0 Å². The summed E-state index contributed by atoms with van der Waals surface area (Å²) in [4.78, 5) is 0. The molecule has 0 saturated carbocycles. The minimum Gasteiger partial charge on any atom is -0.192 e. The third kappa shape index (κ3) is 3.20. The van der Waals surface area contributed by atoms with E-state index in [0.717, 1.165) is 5.39 Å². The van der Waals surface area contributed by atoms with Gasteiger partial charge >= 0.3 is 0 Å². The summed E-state index contributed by atoms with van der Waals surface area (Å²) in [5.41, 5.74) is 12.9. The van der Waals surface area contributed by atoms with Gasteiger partial charge in [-0.05, 0) is 83.9 Å². The van der Waals surface area contributed by atoms with Crippen molar-refractivity contribution < 1.29 is 0 Å². The molecule has 0 heterocycles. The first-order chi connectivity index (χ1) is 19.8. The van der Waals surface area contributed by atoms with Crippen LogP contribution in [-0.2, 0) is 0 Å². The molecule has 8 rings (SSSR count). The Kier molecular flexibility index (Phi) is 4.96. The topological polar surface area (TPSA) is 23.8 Å². The fraction of sp³-hybridized carbons (Fsp3) is 0. The molecule has 1 aliphatic carbocycles. The van der Waals surface area contributed by atoms with Crippen molar-refractivity contribution >= 4 is 21.5 Å². The van der Waals surface area contributed by atoms with E-state index in [2.05, 4.69) is 140 Å². The molecule has 0 bridgehead atoms. The normalized spacial score (nSPS) is 11.5. The molecule has 0 saturated heterocycles. The Hall–Kier alpha value is -5.45. The van der Waals surface area contributed by atoms with E-state index in [1.807, 2.05) is 6.07 Å². The second-order valence-electron chi connectivity index (χ2n) is 10.4. The average Bonchev–Trinajstić information content (AvgIpc) is 3.36. The monoisotopic (exact) mass is 505 g/mol. The molecule has 0 N–H and O–H groups in total. The van der Waals surface area contributed by atoms with Crippen molar-refractivity contribution in [1.29, 1.82) is 5.26 Å². The minimum absolute atomic E-state index is 0.715. The quantitative estimate of drug-likeness (QED) is 0.234. The minimum atomic E-state index is 0.715. The first-order valence-electron chi connectivity index (χ1n) is 13.6. The van der Waals surface area contributed by atoms with Crippen molar-refractivity contribution in [3.05, 3.63) is 145 Å². The molecule has 184 valence electrons. The maximum absolute atomic E-state index is 9.96. The Morgan fingerprint density at radius 1 is 0.375 bits per heavy atom. The van der Waals surface area contributed by atoms with Crippen LogP contribution in [0.25, 0.3) is 77.2 Å². The zero-order valence-electron chi connectivity index (χ0n) is 21.7. The van der Waals surface area contributed by atoms with E-state index in [9.17, 15) is 5.26 Å². The molecule has 1 heteroatoms.